The van der Waals surface area contributed by atoms with Gasteiger partial charge in [0.1, 0.15) is 0 Å². The fourth-order valence-electron chi connectivity index (χ4n) is 3.31. The van der Waals surface area contributed by atoms with Crippen LogP contribution >= 0.6 is 0 Å². The zero-order chi connectivity index (χ0) is 21.5. The van der Waals surface area contributed by atoms with Gasteiger partial charge in [0.2, 0.25) is 0 Å². The molecule has 0 atom stereocenters. The van der Waals surface area contributed by atoms with Crippen LogP contribution in [0.25, 0.3) is 0 Å². The molecule has 0 aromatic heterocycles. The van der Waals surface area contributed by atoms with E-state index in [0.717, 1.165) is 36.9 Å². The molecule has 4 N–H and O–H groups in total. The number of amides is 2. The summed E-state index contributed by atoms with van der Waals surface area (Å²) in [7, 11) is 0. The Morgan fingerprint density at radius 3 is 2.47 bits per heavy atom. The number of carboxylic acid groups (broad SMARTS) is 1. The van der Waals surface area contributed by atoms with E-state index in [1.165, 1.54) is 18.3 Å². The molecule has 1 aliphatic rings. The number of aromatic carboxylic acids is 1. The fourth-order valence-corrected chi connectivity index (χ4v) is 3.31. The van der Waals surface area contributed by atoms with Crippen LogP contribution in [0.5, 0.6) is 0 Å². The van der Waals surface area contributed by atoms with Crippen LogP contribution < -0.4 is 16.1 Å². The zero-order valence-corrected chi connectivity index (χ0v) is 16.6. The number of carboxylic acids is 1. The minimum Gasteiger partial charge on any atom is -0.478 e. The molecule has 1 aliphatic carbocycles. The van der Waals surface area contributed by atoms with E-state index >= 15 is 0 Å². The van der Waals surface area contributed by atoms with Gasteiger partial charge in [-0.05, 0) is 49.6 Å². The Bertz CT molecular complexity index is 981. The summed E-state index contributed by atoms with van der Waals surface area (Å²) < 4.78 is 0. The molecule has 1 saturated carbocycles. The number of nitrogens with zero attached hydrogens (tertiary/aromatic N) is 1. The third kappa shape index (κ3) is 5.44. The lowest BCUT2D eigenvalue weighted by Crippen LogP contribution is -2.42. The van der Waals surface area contributed by atoms with Crippen molar-refractivity contribution in [3.63, 3.8) is 0 Å². The Kier molecular flexibility index (Phi) is 6.79. The van der Waals surface area contributed by atoms with E-state index in [-0.39, 0.29) is 11.6 Å². The summed E-state index contributed by atoms with van der Waals surface area (Å²) in [6.07, 6.45) is 5.15. The number of para-hydroxylation sites is 1. The van der Waals surface area contributed by atoms with Gasteiger partial charge in [-0.25, -0.2) is 10.2 Å². The smallest absolute Gasteiger partial charge is 0.335 e. The minimum atomic E-state index is -1.08. The van der Waals surface area contributed by atoms with E-state index in [1.807, 2.05) is 31.2 Å². The lowest BCUT2D eigenvalue weighted by molar-refractivity contribution is -0.139. The summed E-state index contributed by atoms with van der Waals surface area (Å²) in [6, 6.07) is 12.2. The van der Waals surface area contributed by atoms with Gasteiger partial charge in [0.25, 0.3) is 0 Å². The molecule has 0 unspecified atom stereocenters. The van der Waals surface area contributed by atoms with Crippen LogP contribution in [0.2, 0.25) is 0 Å². The van der Waals surface area contributed by atoms with Gasteiger partial charge in [-0.1, -0.05) is 31.0 Å². The number of carbonyl (C=O) groups excluding carboxylic acids is 2. The molecule has 2 aromatic rings. The van der Waals surface area contributed by atoms with E-state index in [4.69, 9.17) is 0 Å². The Morgan fingerprint density at radius 2 is 1.77 bits per heavy atom. The van der Waals surface area contributed by atoms with Gasteiger partial charge in [-0.3, -0.25) is 9.59 Å². The van der Waals surface area contributed by atoms with Crippen molar-refractivity contribution in [2.45, 2.75) is 38.6 Å². The molecule has 0 spiro atoms. The molecular weight excluding hydrogens is 384 g/mol. The van der Waals surface area contributed by atoms with Crippen molar-refractivity contribution >= 4 is 35.4 Å². The third-order valence-electron chi connectivity index (χ3n) is 4.98. The molecule has 8 nitrogen and oxygen atoms in total. The van der Waals surface area contributed by atoms with E-state index in [1.54, 1.807) is 6.07 Å². The second-order valence-electron chi connectivity index (χ2n) is 7.20. The number of rotatable bonds is 6. The predicted octanol–water partition coefficient (Wildman–Crippen LogP) is 2.95. The van der Waals surface area contributed by atoms with Crippen LogP contribution in [0.15, 0.2) is 47.6 Å². The number of benzene rings is 2. The molecule has 0 radical (unpaired) electrons. The first-order valence-electron chi connectivity index (χ1n) is 9.78. The van der Waals surface area contributed by atoms with Crippen molar-refractivity contribution in [3.05, 3.63) is 59.2 Å². The van der Waals surface area contributed by atoms with Crippen molar-refractivity contribution < 1.29 is 19.5 Å². The maximum atomic E-state index is 12.0. The molecular formula is C22H24N4O4. The molecule has 0 saturated heterocycles. The average Bonchev–Trinajstić information content (AvgIpc) is 3.23. The summed E-state index contributed by atoms with van der Waals surface area (Å²) in [5.41, 5.74) is 5.22. The number of hydrogen-bond donors (Lipinski definition) is 4. The largest absolute Gasteiger partial charge is 0.478 e. The molecule has 0 bridgehead atoms. The monoisotopic (exact) mass is 408 g/mol. The van der Waals surface area contributed by atoms with E-state index in [9.17, 15) is 19.5 Å². The summed E-state index contributed by atoms with van der Waals surface area (Å²) in [4.78, 5) is 35.2. The molecule has 8 heteroatoms. The molecule has 2 amide bonds. The number of hydrazone groups is 1. The molecule has 30 heavy (non-hydrogen) atoms. The first-order chi connectivity index (χ1) is 14.4. The van der Waals surface area contributed by atoms with Crippen LogP contribution in [-0.4, -0.2) is 35.1 Å². The van der Waals surface area contributed by atoms with E-state index in [2.05, 4.69) is 21.2 Å². The molecule has 0 heterocycles. The van der Waals surface area contributed by atoms with Crippen molar-refractivity contribution in [1.29, 1.82) is 0 Å². The highest BCUT2D eigenvalue weighted by Gasteiger charge is 2.21. The number of hydrogen-bond acceptors (Lipinski definition) is 5. The topological polar surface area (TPSA) is 120 Å². The lowest BCUT2D eigenvalue weighted by atomic mass is 10.1. The van der Waals surface area contributed by atoms with Crippen LogP contribution in [0.1, 0.15) is 47.2 Å². The van der Waals surface area contributed by atoms with Gasteiger partial charge in [0.05, 0.1) is 11.8 Å². The van der Waals surface area contributed by atoms with Gasteiger partial charge in [0.15, 0.2) is 0 Å². The normalized spacial score (nSPS) is 13.9. The highest BCUT2D eigenvalue weighted by Crippen LogP contribution is 2.23. The Labute approximate surface area is 174 Å². The SMILES string of the molecule is Cc1ccccc1Nc1ccc(C(=O)O)cc1/C=N\NC(=O)C(=O)NC1CCCC1. The van der Waals surface area contributed by atoms with Crippen molar-refractivity contribution in [2.24, 2.45) is 5.10 Å². The van der Waals surface area contributed by atoms with Gasteiger partial charge >= 0.3 is 17.8 Å². The summed E-state index contributed by atoms with van der Waals surface area (Å²) in [6.45, 7) is 1.95. The molecule has 156 valence electrons. The van der Waals surface area contributed by atoms with Crippen LogP contribution in [0.3, 0.4) is 0 Å². The first-order valence-corrected chi connectivity index (χ1v) is 9.78. The second kappa shape index (κ2) is 9.69. The van der Waals surface area contributed by atoms with E-state index < -0.39 is 17.8 Å². The summed E-state index contributed by atoms with van der Waals surface area (Å²) in [5.74, 6) is -2.66. The van der Waals surface area contributed by atoms with Gasteiger partial charge in [-0.2, -0.15) is 5.10 Å². The maximum absolute atomic E-state index is 12.0. The van der Waals surface area contributed by atoms with Crippen LogP contribution in [0.4, 0.5) is 11.4 Å². The number of aryl methyl sites for hydroxylation is 1. The Morgan fingerprint density at radius 1 is 1.03 bits per heavy atom. The fraction of sp³-hybridized carbons (Fsp3) is 0.273. The zero-order valence-electron chi connectivity index (χ0n) is 16.6. The van der Waals surface area contributed by atoms with Gasteiger partial charge < -0.3 is 15.7 Å². The lowest BCUT2D eigenvalue weighted by Gasteiger charge is -2.13. The van der Waals surface area contributed by atoms with Crippen molar-refractivity contribution in [3.8, 4) is 0 Å². The first kappa shape index (κ1) is 21.0. The van der Waals surface area contributed by atoms with Crippen molar-refractivity contribution in [1.82, 2.24) is 10.7 Å². The molecule has 2 aromatic carbocycles. The number of nitrogens with one attached hydrogen (secondary N) is 3. The average molecular weight is 408 g/mol. The van der Waals surface area contributed by atoms with Crippen molar-refractivity contribution in [2.75, 3.05) is 5.32 Å². The number of anilines is 2. The maximum Gasteiger partial charge on any atom is 0.335 e. The Balaban J connectivity index is 1.73. The molecule has 1 fully saturated rings. The highest BCUT2D eigenvalue weighted by molar-refractivity contribution is 6.35. The predicted molar refractivity (Wildman–Crippen MR) is 114 cm³/mol. The number of carbonyl (C=O) groups is 3. The standard InChI is InChI=1S/C22H24N4O4/c1-14-6-2-5-9-18(14)25-19-11-10-15(22(29)30)12-16(19)13-23-26-21(28)20(27)24-17-7-3-4-8-17/h2,5-6,9-13,17,25H,3-4,7-8H2,1H3,(H,24,27)(H,26,28)(H,29,30)/b23-13-. The van der Waals surface area contributed by atoms with Crippen LogP contribution in [-0.2, 0) is 9.59 Å². The quantitative estimate of drug-likeness (QED) is 0.333. The minimum absolute atomic E-state index is 0.0318. The molecule has 0 aliphatic heterocycles. The van der Waals surface area contributed by atoms with Gasteiger partial charge in [0, 0.05) is 23.0 Å². The summed E-state index contributed by atoms with van der Waals surface area (Å²) >= 11 is 0. The Hall–Kier alpha value is -3.68. The second-order valence-corrected chi connectivity index (χ2v) is 7.20. The third-order valence-corrected chi connectivity index (χ3v) is 4.98. The van der Waals surface area contributed by atoms with Gasteiger partial charge in [-0.15, -0.1) is 0 Å². The molecule has 3 rings (SSSR count). The highest BCUT2D eigenvalue weighted by atomic mass is 16.4. The van der Waals surface area contributed by atoms with Crippen LogP contribution in [0, 0.1) is 6.92 Å². The summed E-state index contributed by atoms with van der Waals surface area (Å²) in [5, 5.41) is 19.0. The van der Waals surface area contributed by atoms with E-state index in [0.29, 0.717) is 11.3 Å².